The molecule has 1 aliphatic heterocycles. The lowest BCUT2D eigenvalue weighted by Crippen LogP contribution is -2.29. The van der Waals surface area contributed by atoms with Crippen LogP contribution in [-0.4, -0.2) is 22.6 Å². The van der Waals surface area contributed by atoms with E-state index in [-0.39, 0.29) is 11.7 Å². The zero-order valence-corrected chi connectivity index (χ0v) is 12.8. The standard InChI is InChI=1S/C15H13BrFN3O/c16-12-13(9-1-2-9)18-19-14(12)15(21)20-6-5-8-3-4-10(17)7-11(8)20/h3-4,7,9H,1-2,5-6H2,(H,18,19). The van der Waals surface area contributed by atoms with Crippen LogP contribution in [-0.2, 0) is 6.42 Å². The fraction of sp³-hybridized carbons (Fsp3) is 0.333. The number of carbonyl (C=O) groups excluding carboxylic acids is 1. The summed E-state index contributed by atoms with van der Waals surface area (Å²) in [5.41, 5.74) is 3.03. The van der Waals surface area contributed by atoms with Crippen molar-refractivity contribution in [2.45, 2.75) is 25.2 Å². The van der Waals surface area contributed by atoms with Gasteiger partial charge in [0.15, 0.2) is 5.69 Å². The van der Waals surface area contributed by atoms with Crippen LogP contribution in [0, 0.1) is 5.82 Å². The molecule has 0 unspecified atom stereocenters. The van der Waals surface area contributed by atoms with Gasteiger partial charge in [0.05, 0.1) is 15.9 Å². The number of H-pyrrole nitrogens is 1. The molecule has 1 N–H and O–H groups in total. The van der Waals surface area contributed by atoms with Crippen LogP contribution in [0.5, 0.6) is 0 Å². The van der Waals surface area contributed by atoms with E-state index in [1.807, 2.05) is 0 Å². The second-order valence-electron chi connectivity index (χ2n) is 5.55. The molecule has 4 rings (SSSR count). The molecule has 2 aromatic rings. The number of rotatable bonds is 2. The van der Waals surface area contributed by atoms with E-state index in [4.69, 9.17) is 0 Å². The van der Waals surface area contributed by atoms with Crippen molar-refractivity contribution in [1.82, 2.24) is 10.2 Å². The zero-order chi connectivity index (χ0) is 14.6. The average molecular weight is 350 g/mol. The van der Waals surface area contributed by atoms with Gasteiger partial charge in [-0.15, -0.1) is 0 Å². The number of aromatic amines is 1. The molecular weight excluding hydrogens is 337 g/mol. The molecule has 2 heterocycles. The fourth-order valence-corrected chi connectivity index (χ4v) is 3.49. The van der Waals surface area contributed by atoms with Gasteiger partial charge in [-0.25, -0.2) is 4.39 Å². The molecule has 0 spiro atoms. The van der Waals surface area contributed by atoms with Crippen molar-refractivity contribution in [3.63, 3.8) is 0 Å². The van der Waals surface area contributed by atoms with Crippen molar-refractivity contribution in [1.29, 1.82) is 0 Å². The molecule has 0 bridgehead atoms. The van der Waals surface area contributed by atoms with Crippen molar-refractivity contribution in [2.75, 3.05) is 11.4 Å². The summed E-state index contributed by atoms with van der Waals surface area (Å²) in [5.74, 6) is -0.0284. The first-order valence-electron chi connectivity index (χ1n) is 6.99. The Bertz CT molecular complexity index is 739. The highest BCUT2D eigenvalue weighted by Crippen LogP contribution is 2.43. The number of hydrogen-bond acceptors (Lipinski definition) is 2. The second kappa shape index (κ2) is 4.66. The molecule has 6 heteroatoms. The van der Waals surface area contributed by atoms with Gasteiger partial charge in [0, 0.05) is 12.5 Å². The third kappa shape index (κ3) is 2.09. The molecule has 1 saturated carbocycles. The van der Waals surface area contributed by atoms with E-state index in [1.165, 1.54) is 12.1 Å². The summed E-state index contributed by atoms with van der Waals surface area (Å²) in [6.45, 7) is 0.565. The molecule has 0 saturated heterocycles. The van der Waals surface area contributed by atoms with E-state index in [9.17, 15) is 9.18 Å². The summed E-state index contributed by atoms with van der Waals surface area (Å²) in [7, 11) is 0. The SMILES string of the molecule is O=C(c1n[nH]c(C2CC2)c1Br)N1CCc2ccc(F)cc21. The minimum Gasteiger partial charge on any atom is -0.306 e. The summed E-state index contributed by atoms with van der Waals surface area (Å²) >= 11 is 3.48. The number of amides is 1. The van der Waals surface area contributed by atoms with Crippen LogP contribution in [0.25, 0.3) is 0 Å². The number of nitrogens with zero attached hydrogens (tertiary/aromatic N) is 2. The Morgan fingerprint density at radius 2 is 2.24 bits per heavy atom. The molecule has 108 valence electrons. The third-order valence-electron chi connectivity index (χ3n) is 4.11. The minimum atomic E-state index is -0.326. The Balaban J connectivity index is 1.69. The Morgan fingerprint density at radius 1 is 1.43 bits per heavy atom. The maximum atomic E-state index is 13.4. The molecule has 0 radical (unpaired) electrons. The van der Waals surface area contributed by atoms with Gasteiger partial charge in [0.25, 0.3) is 5.91 Å². The summed E-state index contributed by atoms with van der Waals surface area (Å²) in [4.78, 5) is 14.3. The van der Waals surface area contributed by atoms with Crippen molar-refractivity contribution in [3.05, 3.63) is 45.4 Å². The van der Waals surface area contributed by atoms with Crippen LogP contribution in [0.15, 0.2) is 22.7 Å². The highest BCUT2D eigenvalue weighted by atomic mass is 79.9. The van der Waals surface area contributed by atoms with Gasteiger partial charge in [0.2, 0.25) is 0 Å². The van der Waals surface area contributed by atoms with Gasteiger partial charge >= 0.3 is 0 Å². The maximum Gasteiger partial charge on any atom is 0.279 e. The smallest absolute Gasteiger partial charge is 0.279 e. The van der Waals surface area contributed by atoms with Gasteiger partial charge in [-0.05, 0) is 52.9 Å². The van der Waals surface area contributed by atoms with E-state index < -0.39 is 0 Å². The lowest BCUT2D eigenvalue weighted by molar-refractivity contribution is 0.0984. The van der Waals surface area contributed by atoms with Crippen molar-refractivity contribution >= 4 is 27.5 Å². The highest BCUT2D eigenvalue weighted by molar-refractivity contribution is 9.10. The lowest BCUT2D eigenvalue weighted by atomic mass is 10.1. The Labute approximate surface area is 129 Å². The molecule has 1 aromatic heterocycles. The Kier molecular flexibility index (Phi) is 2.89. The number of nitrogens with one attached hydrogen (secondary N) is 1. The topological polar surface area (TPSA) is 49.0 Å². The average Bonchev–Trinajstić information content (AvgIpc) is 3.11. The Morgan fingerprint density at radius 3 is 3.00 bits per heavy atom. The third-order valence-corrected chi connectivity index (χ3v) is 4.91. The van der Waals surface area contributed by atoms with Gasteiger partial charge in [0.1, 0.15) is 5.82 Å². The van der Waals surface area contributed by atoms with Crippen molar-refractivity contribution < 1.29 is 9.18 Å². The van der Waals surface area contributed by atoms with Crippen molar-refractivity contribution in [2.24, 2.45) is 0 Å². The van der Waals surface area contributed by atoms with Crippen LogP contribution < -0.4 is 4.90 Å². The predicted molar refractivity (Wildman–Crippen MR) is 80.0 cm³/mol. The largest absolute Gasteiger partial charge is 0.306 e. The molecule has 1 amide bonds. The van der Waals surface area contributed by atoms with Gasteiger partial charge in [-0.1, -0.05) is 6.07 Å². The number of anilines is 1. The van der Waals surface area contributed by atoms with E-state index in [0.717, 1.165) is 35.0 Å². The summed E-state index contributed by atoms with van der Waals surface area (Å²) in [6.07, 6.45) is 3.01. The highest BCUT2D eigenvalue weighted by Gasteiger charge is 2.33. The molecule has 1 fully saturated rings. The lowest BCUT2D eigenvalue weighted by Gasteiger charge is -2.16. The molecule has 1 aliphatic carbocycles. The fourth-order valence-electron chi connectivity index (χ4n) is 2.82. The van der Waals surface area contributed by atoms with Crippen LogP contribution in [0.1, 0.15) is 40.5 Å². The quantitative estimate of drug-likeness (QED) is 0.903. The molecule has 0 atom stereocenters. The van der Waals surface area contributed by atoms with Gasteiger partial charge in [-0.3, -0.25) is 9.89 Å². The van der Waals surface area contributed by atoms with Gasteiger partial charge < -0.3 is 4.90 Å². The first-order valence-corrected chi connectivity index (χ1v) is 7.78. The van der Waals surface area contributed by atoms with Crippen LogP contribution in [0.3, 0.4) is 0 Å². The molecule has 4 nitrogen and oxygen atoms in total. The van der Waals surface area contributed by atoms with Gasteiger partial charge in [-0.2, -0.15) is 5.10 Å². The summed E-state index contributed by atoms with van der Waals surface area (Å²) in [6, 6.07) is 4.60. The summed E-state index contributed by atoms with van der Waals surface area (Å²) in [5, 5.41) is 7.12. The van der Waals surface area contributed by atoms with Crippen LogP contribution in [0.2, 0.25) is 0 Å². The van der Waals surface area contributed by atoms with E-state index >= 15 is 0 Å². The molecule has 1 aromatic carbocycles. The number of carbonyl (C=O) groups is 1. The molecule has 2 aliphatic rings. The maximum absolute atomic E-state index is 13.4. The normalized spacial score (nSPS) is 17.1. The monoisotopic (exact) mass is 349 g/mol. The number of fused-ring (bicyclic) bond motifs is 1. The van der Waals surface area contributed by atoms with E-state index in [1.54, 1.807) is 11.0 Å². The first-order chi connectivity index (χ1) is 10.1. The number of hydrogen-bond donors (Lipinski definition) is 1. The van der Waals surface area contributed by atoms with Crippen LogP contribution >= 0.6 is 15.9 Å². The van der Waals surface area contributed by atoms with E-state index in [0.29, 0.717) is 23.8 Å². The van der Waals surface area contributed by atoms with E-state index in [2.05, 4.69) is 26.1 Å². The number of halogens is 2. The predicted octanol–water partition coefficient (Wildman–Crippen LogP) is 3.39. The molecule has 21 heavy (non-hydrogen) atoms. The van der Waals surface area contributed by atoms with Crippen molar-refractivity contribution in [3.8, 4) is 0 Å². The minimum absolute atomic E-state index is 0.186. The Hall–Kier alpha value is -1.69. The number of aromatic nitrogens is 2. The van der Waals surface area contributed by atoms with Crippen LogP contribution in [0.4, 0.5) is 10.1 Å². The number of benzene rings is 1. The summed E-state index contributed by atoms with van der Waals surface area (Å²) < 4.78 is 14.2. The first kappa shape index (κ1) is 13.0. The zero-order valence-electron chi connectivity index (χ0n) is 11.2. The second-order valence-corrected chi connectivity index (χ2v) is 6.35. The molecular formula is C15H13BrFN3O.